The second-order valence-corrected chi connectivity index (χ2v) is 2.65. The molecule has 4 nitrogen and oxygen atoms in total. The van der Waals surface area contributed by atoms with Crippen LogP contribution in [0.25, 0.3) is 0 Å². The number of nitrogens with one attached hydrogen (secondary N) is 1. The maximum absolute atomic E-state index is 4.85. The van der Waals surface area contributed by atoms with Gasteiger partial charge in [-0.3, -0.25) is 0 Å². The molecule has 10 heavy (non-hydrogen) atoms. The van der Waals surface area contributed by atoms with Crippen LogP contribution < -0.4 is 11.2 Å². The van der Waals surface area contributed by atoms with Crippen LogP contribution in [0.3, 0.4) is 0 Å². The fourth-order valence-electron chi connectivity index (χ4n) is 0.595. The molecule has 0 saturated heterocycles. The Kier molecular flexibility index (Phi) is 2.44. The third-order valence-electron chi connectivity index (χ3n) is 1.02. The second-order valence-electron chi connectivity index (χ2n) is 1.73. The predicted octanol–water partition coefficient (Wildman–Crippen LogP) is 1.03. The predicted molar refractivity (Wildman–Crippen MR) is 42.1 cm³/mol. The van der Waals surface area contributed by atoms with Crippen LogP contribution in [-0.2, 0) is 0 Å². The van der Waals surface area contributed by atoms with Gasteiger partial charge in [-0.25, -0.2) is 0 Å². The maximum Gasteiger partial charge on any atom is 0.160 e. The summed E-state index contributed by atoms with van der Waals surface area (Å²) in [6.07, 6.45) is 5.40. The van der Waals surface area contributed by atoms with Crippen LogP contribution in [0.2, 0.25) is 0 Å². The lowest BCUT2D eigenvalue weighted by molar-refractivity contribution is 0.675. The van der Waals surface area contributed by atoms with Crippen molar-refractivity contribution in [2.24, 2.45) is 16.2 Å². The standard InChI is InChI=1S/C5H7BrN4/c6-4-1-2-5(8-3-4)9-10-7/h1-3,5,8H,(H2,7,9). The lowest BCUT2D eigenvalue weighted by Crippen LogP contribution is -2.21. The first-order valence-electron chi connectivity index (χ1n) is 2.73. The van der Waals surface area contributed by atoms with Crippen molar-refractivity contribution in [1.82, 2.24) is 5.32 Å². The zero-order valence-electron chi connectivity index (χ0n) is 5.16. The molecule has 1 aliphatic rings. The van der Waals surface area contributed by atoms with Crippen LogP contribution in [0.15, 0.2) is 33.2 Å². The van der Waals surface area contributed by atoms with Crippen molar-refractivity contribution in [3.63, 3.8) is 0 Å². The SMILES string of the molecule is NN=NC1C=CC(Br)=CN1. The summed E-state index contributed by atoms with van der Waals surface area (Å²) in [6.45, 7) is 0. The van der Waals surface area contributed by atoms with Gasteiger partial charge in [0, 0.05) is 10.7 Å². The number of allylic oxidation sites excluding steroid dienone is 2. The molecule has 0 bridgehead atoms. The number of halogens is 1. The molecule has 54 valence electrons. The minimum Gasteiger partial charge on any atom is -0.364 e. The summed E-state index contributed by atoms with van der Waals surface area (Å²) in [6, 6.07) is 0. The van der Waals surface area contributed by atoms with Crippen LogP contribution >= 0.6 is 15.9 Å². The van der Waals surface area contributed by atoms with Gasteiger partial charge in [0.15, 0.2) is 6.17 Å². The van der Waals surface area contributed by atoms with Crippen LogP contribution in [0, 0.1) is 0 Å². The summed E-state index contributed by atoms with van der Waals surface area (Å²) in [4.78, 5) is 0. The van der Waals surface area contributed by atoms with E-state index in [4.69, 9.17) is 5.84 Å². The number of nitrogens with two attached hydrogens (primary N) is 1. The number of nitrogens with zero attached hydrogens (tertiary/aromatic N) is 2. The summed E-state index contributed by atoms with van der Waals surface area (Å²) < 4.78 is 0.982. The Hall–Kier alpha value is -0.840. The molecule has 0 saturated carbocycles. The third-order valence-corrected chi connectivity index (χ3v) is 1.51. The van der Waals surface area contributed by atoms with Gasteiger partial charge in [-0.2, -0.15) is 0 Å². The largest absolute Gasteiger partial charge is 0.364 e. The minimum atomic E-state index is -0.119. The first-order valence-corrected chi connectivity index (χ1v) is 3.52. The van der Waals surface area contributed by atoms with Gasteiger partial charge in [-0.05, 0) is 28.1 Å². The molecule has 1 atom stereocenters. The molecular weight excluding hydrogens is 196 g/mol. The Morgan fingerprint density at radius 2 is 2.50 bits per heavy atom. The van der Waals surface area contributed by atoms with Crippen molar-refractivity contribution in [3.8, 4) is 0 Å². The van der Waals surface area contributed by atoms with Crippen molar-refractivity contribution in [1.29, 1.82) is 0 Å². The fraction of sp³-hybridized carbons (Fsp3) is 0.200. The Bertz CT molecular complexity index is 196. The molecular formula is C5H7BrN4. The fourth-order valence-corrected chi connectivity index (χ4v) is 0.880. The zero-order chi connectivity index (χ0) is 7.40. The summed E-state index contributed by atoms with van der Waals surface area (Å²) in [5.74, 6) is 4.85. The van der Waals surface area contributed by atoms with Gasteiger partial charge in [0.1, 0.15) is 0 Å². The molecule has 0 amide bonds. The van der Waals surface area contributed by atoms with Gasteiger partial charge in [0.25, 0.3) is 0 Å². The molecule has 0 radical (unpaired) electrons. The highest BCUT2D eigenvalue weighted by Gasteiger charge is 2.02. The van der Waals surface area contributed by atoms with Crippen molar-refractivity contribution in [2.45, 2.75) is 6.17 Å². The van der Waals surface area contributed by atoms with Crippen LogP contribution in [0.5, 0.6) is 0 Å². The molecule has 5 heteroatoms. The highest BCUT2D eigenvalue weighted by atomic mass is 79.9. The van der Waals surface area contributed by atoms with E-state index in [0.717, 1.165) is 4.48 Å². The van der Waals surface area contributed by atoms with E-state index in [-0.39, 0.29) is 6.17 Å². The Morgan fingerprint density at radius 3 is 3.00 bits per heavy atom. The summed E-state index contributed by atoms with van der Waals surface area (Å²) >= 11 is 3.28. The maximum atomic E-state index is 4.85. The smallest absolute Gasteiger partial charge is 0.160 e. The average molecular weight is 203 g/mol. The van der Waals surface area contributed by atoms with E-state index in [2.05, 4.69) is 31.6 Å². The molecule has 0 aromatic heterocycles. The Balaban J connectivity index is 2.52. The van der Waals surface area contributed by atoms with E-state index in [0.29, 0.717) is 0 Å². The summed E-state index contributed by atoms with van der Waals surface area (Å²) in [5, 5.41) is 9.74. The highest BCUT2D eigenvalue weighted by molar-refractivity contribution is 9.11. The van der Waals surface area contributed by atoms with Gasteiger partial charge in [0.2, 0.25) is 0 Å². The highest BCUT2D eigenvalue weighted by Crippen LogP contribution is 2.10. The minimum absolute atomic E-state index is 0.119. The molecule has 1 aliphatic heterocycles. The lowest BCUT2D eigenvalue weighted by atomic mass is 10.3. The topological polar surface area (TPSA) is 62.8 Å². The number of rotatable bonds is 1. The van der Waals surface area contributed by atoms with Gasteiger partial charge in [0.05, 0.1) is 0 Å². The van der Waals surface area contributed by atoms with E-state index in [1.54, 1.807) is 6.20 Å². The molecule has 0 aromatic rings. The lowest BCUT2D eigenvalue weighted by Gasteiger charge is -2.09. The van der Waals surface area contributed by atoms with Crippen LogP contribution in [0.4, 0.5) is 0 Å². The van der Waals surface area contributed by atoms with Gasteiger partial charge in [-0.1, -0.05) is 5.22 Å². The van der Waals surface area contributed by atoms with Crippen LogP contribution in [0.1, 0.15) is 0 Å². The normalized spacial score (nSPS) is 24.5. The number of dihydropyridines is 1. The van der Waals surface area contributed by atoms with Crippen molar-refractivity contribution >= 4 is 15.9 Å². The molecule has 1 heterocycles. The first kappa shape index (κ1) is 7.27. The van der Waals surface area contributed by atoms with Crippen molar-refractivity contribution in [2.75, 3.05) is 0 Å². The number of hydrogen-bond acceptors (Lipinski definition) is 3. The monoisotopic (exact) mass is 202 g/mol. The molecule has 3 N–H and O–H groups in total. The van der Waals surface area contributed by atoms with E-state index in [1.165, 1.54) is 0 Å². The molecule has 0 fully saturated rings. The molecule has 1 rings (SSSR count). The zero-order valence-corrected chi connectivity index (χ0v) is 6.75. The molecule has 0 aromatic carbocycles. The summed E-state index contributed by atoms with van der Waals surface area (Å²) in [5.41, 5.74) is 0. The summed E-state index contributed by atoms with van der Waals surface area (Å²) in [7, 11) is 0. The molecule has 1 unspecified atom stereocenters. The van der Waals surface area contributed by atoms with E-state index >= 15 is 0 Å². The van der Waals surface area contributed by atoms with E-state index < -0.39 is 0 Å². The van der Waals surface area contributed by atoms with E-state index in [9.17, 15) is 0 Å². The quantitative estimate of drug-likeness (QED) is 0.379. The van der Waals surface area contributed by atoms with Gasteiger partial charge >= 0.3 is 0 Å². The van der Waals surface area contributed by atoms with Gasteiger partial charge < -0.3 is 11.2 Å². The number of hydrogen-bond donors (Lipinski definition) is 2. The third kappa shape index (κ3) is 1.84. The van der Waals surface area contributed by atoms with E-state index in [1.807, 2.05) is 12.2 Å². The van der Waals surface area contributed by atoms with Gasteiger partial charge in [-0.15, -0.1) is 5.11 Å². The Morgan fingerprint density at radius 1 is 1.70 bits per heavy atom. The second kappa shape index (κ2) is 3.36. The molecule has 0 aliphatic carbocycles. The van der Waals surface area contributed by atoms with Crippen molar-refractivity contribution in [3.05, 3.63) is 22.8 Å². The average Bonchev–Trinajstić information content (AvgIpc) is 1.95. The first-order chi connectivity index (χ1) is 4.83. The Labute approximate surface area is 67.0 Å². The molecule has 0 spiro atoms. The van der Waals surface area contributed by atoms with Crippen LogP contribution in [-0.4, -0.2) is 6.17 Å². The van der Waals surface area contributed by atoms with Crippen molar-refractivity contribution < 1.29 is 0 Å².